The Kier molecular flexibility index (Phi) is 4.12. The van der Waals surface area contributed by atoms with Crippen LogP contribution in [0.2, 0.25) is 0 Å². The van der Waals surface area contributed by atoms with E-state index in [9.17, 15) is 9.90 Å². The molecule has 3 heterocycles. The molecule has 6 nitrogen and oxygen atoms in total. The average molecular weight is 389 g/mol. The first-order valence-electron chi connectivity index (χ1n) is 10.5. The number of rotatable bonds is 3. The molecule has 4 aliphatic rings. The molecule has 7 atom stereocenters. The molecule has 2 saturated heterocycles. The van der Waals surface area contributed by atoms with E-state index in [4.69, 9.17) is 13.9 Å². The zero-order chi connectivity index (χ0) is 19.7. The van der Waals surface area contributed by atoms with Crippen LogP contribution in [-0.2, 0) is 14.3 Å². The minimum Gasteiger partial charge on any atom is -0.472 e. The number of ether oxygens (including phenoxy) is 2. The molecule has 0 unspecified atom stereocenters. The summed E-state index contributed by atoms with van der Waals surface area (Å²) in [5.74, 6) is 0.442. The summed E-state index contributed by atoms with van der Waals surface area (Å²) in [6.45, 7) is 2.92. The molecule has 2 aliphatic heterocycles. The van der Waals surface area contributed by atoms with Gasteiger partial charge in [-0.25, -0.2) is 0 Å². The van der Waals surface area contributed by atoms with Gasteiger partial charge in [0.15, 0.2) is 6.29 Å². The highest BCUT2D eigenvalue weighted by Gasteiger charge is 2.75. The number of ketones is 1. The van der Waals surface area contributed by atoms with Crippen LogP contribution < -0.4 is 0 Å². The highest BCUT2D eigenvalue weighted by molar-refractivity contribution is 5.88. The second-order valence-corrected chi connectivity index (χ2v) is 9.85. The molecule has 1 aromatic heterocycles. The van der Waals surface area contributed by atoms with Crippen molar-refractivity contribution in [3.05, 3.63) is 24.2 Å². The molecule has 1 N–H and O–H groups in total. The fourth-order valence-corrected chi connectivity index (χ4v) is 7.16. The Morgan fingerprint density at radius 1 is 1.36 bits per heavy atom. The topological polar surface area (TPSA) is 72.1 Å². The van der Waals surface area contributed by atoms with E-state index in [-0.39, 0.29) is 42.0 Å². The van der Waals surface area contributed by atoms with Crippen molar-refractivity contribution in [3.63, 3.8) is 0 Å². The van der Waals surface area contributed by atoms with E-state index in [2.05, 4.69) is 6.92 Å². The summed E-state index contributed by atoms with van der Waals surface area (Å²) in [7, 11) is 3.92. The van der Waals surface area contributed by atoms with Crippen molar-refractivity contribution in [2.24, 2.45) is 22.7 Å². The molecule has 28 heavy (non-hydrogen) atoms. The van der Waals surface area contributed by atoms with Crippen LogP contribution in [0, 0.1) is 22.7 Å². The van der Waals surface area contributed by atoms with Crippen molar-refractivity contribution in [2.45, 2.75) is 57.0 Å². The van der Waals surface area contributed by atoms with Crippen LogP contribution in [-0.4, -0.2) is 54.9 Å². The van der Waals surface area contributed by atoms with Gasteiger partial charge in [-0.3, -0.25) is 4.79 Å². The third-order valence-corrected chi connectivity index (χ3v) is 8.28. The lowest BCUT2D eigenvalue weighted by molar-refractivity contribution is -0.316. The molecule has 1 aromatic rings. The standard InChI is InChI=1S/C22H31NO5/c1-14-9-18(24)22-13-27-19-21(14,10-16(28-19)15-6-8-26-11-15)17(22)5-4-7-20(22,25)12-23(2)3/h6,8,11,14,16-17,19,25H,4-5,7,9-10,12-13H2,1-3H3/t14-,16+,17-,19+,20+,21-,22+/m1/s1. The first kappa shape index (κ1) is 18.8. The molecule has 0 amide bonds. The fourth-order valence-electron chi connectivity index (χ4n) is 7.16. The second kappa shape index (κ2) is 6.14. The van der Waals surface area contributed by atoms with Crippen molar-refractivity contribution in [1.29, 1.82) is 0 Å². The number of aliphatic hydroxyl groups is 1. The lowest BCUT2D eigenvalue weighted by Crippen LogP contribution is -2.75. The first-order chi connectivity index (χ1) is 13.3. The van der Waals surface area contributed by atoms with Crippen LogP contribution in [0.25, 0.3) is 0 Å². The fraction of sp³-hybridized carbons (Fsp3) is 0.773. The maximum absolute atomic E-state index is 13.5. The highest BCUT2D eigenvalue weighted by Crippen LogP contribution is 2.70. The van der Waals surface area contributed by atoms with Crippen LogP contribution in [0.1, 0.15) is 50.7 Å². The average Bonchev–Trinajstić information content (AvgIpc) is 3.27. The van der Waals surface area contributed by atoms with E-state index < -0.39 is 11.0 Å². The molecule has 2 aliphatic carbocycles. The molecule has 4 fully saturated rings. The molecule has 1 spiro atoms. The third-order valence-electron chi connectivity index (χ3n) is 8.28. The van der Waals surface area contributed by atoms with Gasteiger partial charge in [0.1, 0.15) is 5.78 Å². The van der Waals surface area contributed by atoms with Gasteiger partial charge in [-0.15, -0.1) is 0 Å². The number of carbonyl (C=O) groups excluding carboxylic acids is 1. The Labute approximate surface area is 166 Å². The molecular weight excluding hydrogens is 358 g/mol. The Hall–Kier alpha value is -1.21. The number of furan rings is 1. The van der Waals surface area contributed by atoms with Gasteiger partial charge in [0.25, 0.3) is 0 Å². The van der Waals surface area contributed by atoms with Gasteiger partial charge in [-0.2, -0.15) is 0 Å². The first-order valence-corrected chi connectivity index (χ1v) is 10.5. The van der Waals surface area contributed by atoms with Crippen molar-refractivity contribution in [1.82, 2.24) is 4.90 Å². The SMILES string of the molecule is C[C@@H]1CC(=O)[C@]23CO[C@H]4O[C@H](c5ccoc5)C[C@@]41[C@H]2CCC[C@]3(O)CN(C)C. The third kappa shape index (κ3) is 2.20. The van der Waals surface area contributed by atoms with Crippen LogP contribution in [0.3, 0.4) is 0 Å². The Morgan fingerprint density at radius 2 is 2.18 bits per heavy atom. The quantitative estimate of drug-likeness (QED) is 0.857. The number of Topliss-reactive ketones (excluding diaryl/α,β-unsaturated/α-hetero) is 1. The molecule has 0 radical (unpaired) electrons. The Bertz CT molecular complexity index is 763. The van der Waals surface area contributed by atoms with Gasteiger partial charge in [0.05, 0.1) is 36.3 Å². The maximum atomic E-state index is 13.5. The van der Waals surface area contributed by atoms with Crippen LogP contribution in [0.15, 0.2) is 23.0 Å². The molecule has 5 rings (SSSR count). The zero-order valence-electron chi connectivity index (χ0n) is 17.0. The largest absolute Gasteiger partial charge is 0.472 e. The van der Waals surface area contributed by atoms with E-state index in [0.717, 1.165) is 24.8 Å². The van der Waals surface area contributed by atoms with Gasteiger partial charge < -0.3 is 23.9 Å². The van der Waals surface area contributed by atoms with E-state index in [1.54, 1.807) is 12.5 Å². The van der Waals surface area contributed by atoms with Crippen LogP contribution in [0.5, 0.6) is 0 Å². The van der Waals surface area contributed by atoms with Crippen LogP contribution in [0.4, 0.5) is 0 Å². The van der Waals surface area contributed by atoms with Gasteiger partial charge >= 0.3 is 0 Å². The summed E-state index contributed by atoms with van der Waals surface area (Å²) in [6, 6.07) is 1.95. The van der Waals surface area contributed by atoms with Gasteiger partial charge in [0, 0.05) is 23.9 Å². The van der Waals surface area contributed by atoms with Gasteiger partial charge in [-0.05, 0) is 51.3 Å². The second-order valence-electron chi connectivity index (χ2n) is 9.85. The van der Waals surface area contributed by atoms with E-state index >= 15 is 0 Å². The normalized spacial score (nSPS) is 47.8. The maximum Gasteiger partial charge on any atom is 0.164 e. The zero-order valence-corrected chi connectivity index (χ0v) is 17.0. The summed E-state index contributed by atoms with van der Waals surface area (Å²) in [5.41, 5.74) is -1.09. The molecular formula is C22H31NO5. The number of hydrogen-bond acceptors (Lipinski definition) is 6. The summed E-state index contributed by atoms with van der Waals surface area (Å²) in [4.78, 5) is 15.6. The van der Waals surface area contributed by atoms with E-state index in [1.807, 2.05) is 25.1 Å². The Morgan fingerprint density at radius 3 is 2.89 bits per heavy atom. The Balaban J connectivity index is 1.61. The van der Waals surface area contributed by atoms with Gasteiger partial charge in [0.2, 0.25) is 0 Å². The van der Waals surface area contributed by atoms with Gasteiger partial charge in [-0.1, -0.05) is 13.3 Å². The number of nitrogens with zero attached hydrogens (tertiary/aromatic N) is 1. The summed E-state index contributed by atoms with van der Waals surface area (Å²) in [6.07, 6.45) is 6.85. The predicted octanol–water partition coefficient (Wildman–Crippen LogP) is 2.77. The summed E-state index contributed by atoms with van der Waals surface area (Å²) < 4.78 is 18.0. The van der Waals surface area contributed by atoms with Crippen molar-refractivity contribution in [3.8, 4) is 0 Å². The molecule has 2 saturated carbocycles. The van der Waals surface area contributed by atoms with E-state index in [1.165, 1.54) is 0 Å². The smallest absolute Gasteiger partial charge is 0.164 e. The number of hydrogen-bond donors (Lipinski definition) is 1. The van der Waals surface area contributed by atoms with E-state index in [0.29, 0.717) is 19.4 Å². The highest BCUT2D eigenvalue weighted by atomic mass is 16.7. The molecule has 0 aromatic carbocycles. The van der Waals surface area contributed by atoms with Crippen molar-refractivity contribution < 1.29 is 23.8 Å². The summed E-state index contributed by atoms with van der Waals surface area (Å²) in [5, 5.41) is 11.9. The minimum atomic E-state index is -1.05. The number of carbonyl (C=O) groups is 1. The predicted molar refractivity (Wildman–Crippen MR) is 101 cm³/mol. The number of likely N-dealkylation sites (N-methyl/N-ethyl adjacent to an activating group) is 1. The molecule has 6 heteroatoms. The monoisotopic (exact) mass is 389 g/mol. The lowest BCUT2D eigenvalue weighted by Gasteiger charge is -2.66. The van der Waals surface area contributed by atoms with Crippen molar-refractivity contribution in [2.75, 3.05) is 27.2 Å². The molecule has 154 valence electrons. The lowest BCUT2D eigenvalue weighted by atomic mass is 9.41. The summed E-state index contributed by atoms with van der Waals surface area (Å²) >= 11 is 0. The van der Waals surface area contributed by atoms with Crippen molar-refractivity contribution >= 4 is 5.78 Å². The minimum absolute atomic E-state index is 0.0842. The van der Waals surface area contributed by atoms with Crippen LogP contribution >= 0.6 is 0 Å². The molecule has 2 bridgehead atoms.